The number of amides is 1. The predicted octanol–water partition coefficient (Wildman–Crippen LogP) is 4.61. The Morgan fingerprint density at radius 1 is 1.04 bits per heavy atom. The van der Waals surface area contributed by atoms with Gasteiger partial charge >= 0.3 is 0 Å². The van der Waals surface area contributed by atoms with Crippen molar-refractivity contribution >= 4 is 11.7 Å². The van der Waals surface area contributed by atoms with Crippen LogP contribution in [0.3, 0.4) is 0 Å². The molecule has 3 rings (SSSR count). The smallest absolute Gasteiger partial charge is 0.269 e. The summed E-state index contributed by atoms with van der Waals surface area (Å²) in [4.78, 5) is 19.2. The lowest BCUT2D eigenvalue weighted by Crippen LogP contribution is -2.42. The highest BCUT2D eigenvalue weighted by molar-refractivity contribution is 5.95. The summed E-state index contributed by atoms with van der Waals surface area (Å²) in [6.07, 6.45) is 1.44. The summed E-state index contributed by atoms with van der Waals surface area (Å²) in [5.41, 5.74) is 0.994. The molecule has 0 N–H and O–H groups in total. The Balaban J connectivity index is 1.85. The standard InChI is InChI=1S/C22H21FN2O2/c1-2-20(27-19-13-11-18(23)12-14-19)22(26)25(21-10-6-7-15-24-21)16-17-8-4-3-5-9-17/h3-15,20H,2,16H2,1H3. The van der Waals surface area contributed by atoms with Gasteiger partial charge in [0.2, 0.25) is 0 Å². The predicted molar refractivity (Wildman–Crippen MR) is 103 cm³/mol. The molecule has 4 nitrogen and oxygen atoms in total. The van der Waals surface area contributed by atoms with Crippen molar-refractivity contribution in [3.8, 4) is 5.75 Å². The van der Waals surface area contributed by atoms with Crippen molar-refractivity contribution in [2.45, 2.75) is 26.0 Å². The average molecular weight is 364 g/mol. The summed E-state index contributed by atoms with van der Waals surface area (Å²) < 4.78 is 19.0. The van der Waals surface area contributed by atoms with Gasteiger partial charge in [0.1, 0.15) is 17.4 Å². The second-order valence-electron chi connectivity index (χ2n) is 6.07. The van der Waals surface area contributed by atoms with Crippen LogP contribution in [0.1, 0.15) is 18.9 Å². The number of pyridine rings is 1. The Kier molecular flexibility index (Phi) is 6.15. The van der Waals surface area contributed by atoms with Crippen molar-refractivity contribution in [3.63, 3.8) is 0 Å². The molecule has 1 aromatic heterocycles. The topological polar surface area (TPSA) is 42.4 Å². The van der Waals surface area contributed by atoms with Crippen molar-refractivity contribution in [1.29, 1.82) is 0 Å². The molecule has 1 amide bonds. The van der Waals surface area contributed by atoms with Gasteiger partial charge < -0.3 is 4.74 Å². The molecule has 0 spiro atoms. The first kappa shape index (κ1) is 18.6. The van der Waals surface area contributed by atoms with Crippen LogP contribution in [0.15, 0.2) is 79.0 Å². The van der Waals surface area contributed by atoms with E-state index in [0.717, 1.165) is 5.56 Å². The highest BCUT2D eigenvalue weighted by Gasteiger charge is 2.27. The molecular weight excluding hydrogens is 343 g/mol. The number of halogens is 1. The van der Waals surface area contributed by atoms with Crippen LogP contribution in [-0.2, 0) is 11.3 Å². The molecule has 3 aromatic rings. The summed E-state index contributed by atoms with van der Waals surface area (Å²) in [6.45, 7) is 2.27. The number of carbonyl (C=O) groups is 1. The molecule has 1 unspecified atom stereocenters. The van der Waals surface area contributed by atoms with Gasteiger partial charge in [-0.05, 0) is 48.4 Å². The van der Waals surface area contributed by atoms with Crippen molar-refractivity contribution in [1.82, 2.24) is 4.98 Å². The van der Waals surface area contributed by atoms with Gasteiger partial charge in [0, 0.05) is 6.20 Å². The fourth-order valence-electron chi connectivity index (χ4n) is 2.71. The molecule has 0 bridgehead atoms. The summed E-state index contributed by atoms with van der Waals surface area (Å²) in [6, 6.07) is 20.8. The molecular formula is C22H21FN2O2. The van der Waals surface area contributed by atoms with E-state index in [1.54, 1.807) is 23.2 Å². The molecule has 0 radical (unpaired) electrons. The van der Waals surface area contributed by atoms with E-state index in [1.807, 2.05) is 43.3 Å². The first-order valence-electron chi connectivity index (χ1n) is 8.86. The molecule has 0 aliphatic carbocycles. The largest absolute Gasteiger partial charge is 0.481 e. The lowest BCUT2D eigenvalue weighted by molar-refractivity contribution is -0.125. The minimum Gasteiger partial charge on any atom is -0.481 e. The van der Waals surface area contributed by atoms with Crippen LogP contribution in [-0.4, -0.2) is 17.0 Å². The van der Waals surface area contributed by atoms with Crippen LogP contribution in [0.5, 0.6) is 5.75 Å². The summed E-state index contributed by atoms with van der Waals surface area (Å²) >= 11 is 0. The second kappa shape index (κ2) is 8.94. The number of nitrogens with zero attached hydrogens (tertiary/aromatic N) is 2. The Hall–Kier alpha value is -3.21. The van der Waals surface area contributed by atoms with E-state index in [4.69, 9.17) is 4.74 Å². The van der Waals surface area contributed by atoms with Gasteiger partial charge in [-0.25, -0.2) is 9.37 Å². The zero-order valence-electron chi connectivity index (χ0n) is 15.1. The third-order valence-corrected chi connectivity index (χ3v) is 4.11. The van der Waals surface area contributed by atoms with E-state index in [0.29, 0.717) is 24.5 Å². The van der Waals surface area contributed by atoms with E-state index in [2.05, 4.69) is 4.98 Å². The molecule has 5 heteroatoms. The Bertz CT molecular complexity index is 855. The number of rotatable bonds is 7. The molecule has 27 heavy (non-hydrogen) atoms. The number of benzene rings is 2. The SMILES string of the molecule is CCC(Oc1ccc(F)cc1)C(=O)N(Cc1ccccc1)c1ccccn1. The maximum Gasteiger partial charge on any atom is 0.269 e. The molecule has 0 fully saturated rings. The number of carbonyl (C=O) groups excluding carboxylic acids is 1. The summed E-state index contributed by atoms with van der Waals surface area (Å²) in [5, 5.41) is 0. The number of hydrogen-bond donors (Lipinski definition) is 0. The zero-order valence-corrected chi connectivity index (χ0v) is 15.1. The summed E-state index contributed by atoms with van der Waals surface area (Å²) in [5.74, 6) is 0.482. The van der Waals surface area contributed by atoms with Crippen LogP contribution in [0.4, 0.5) is 10.2 Å². The molecule has 2 aromatic carbocycles. The Morgan fingerprint density at radius 2 is 1.74 bits per heavy atom. The lowest BCUT2D eigenvalue weighted by atomic mass is 10.1. The number of aromatic nitrogens is 1. The van der Waals surface area contributed by atoms with Gasteiger partial charge in [0.05, 0.1) is 6.54 Å². The van der Waals surface area contributed by atoms with Crippen LogP contribution in [0.2, 0.25) is 0 Å². The van der Waals surface area contributed by atoms with Crippen LogP contribution < -0.4 is 9.64 Å². The quantitative estimate of drug-likeness (QED) is 0.615. The van der Waals surface area contributed by atoms with Crippen molar-refractivity contribution < 1.29 is 13.9 Å². The monoisotopic (exact) mass is 364 g/mol. The van der Waals surface area contributed by atoms with E-state index in [-0.39, 0.29) is 11.7 Å². The molecule has 0 aliphatic heterocycles. The fourth-order valence-corrected chi connectivity index (χ4v) is 2.71. The first-order chi connectivity index (χ1) is 13.2. The van der Waals surface area contributed by atoms with E-state index in [9.17, 15) is 9.18 Å². The summed E-state index contributed by atoms with van der Waals surface area (Å²) in [7, 11) is 0. The fraction of sp³-hybridized carbons (Fsp3) is 0.182. The Labute approximate surface area is 158 Å². The van der Waals surface area contributed by atoms with Gasteiger partial charge in [0.15, 0.2) is 6.10 Å². The minimum atomic E-state index is -0.693. The van der Waals surface area contributed by atoms with E-state index >= 15 is 0 Å². The molecule has 1 heterocycles. The Morgan fingerprint density at radius 3 is 2.37 bits per heavy atom. The average Bonchev–Trinajstić information content (AvgIpc) is 2.72. The normalized spacial score (nSPS) is 11.6. The van der Waals surface area contributed by atoms with E-state index < -0.39 is 6.10 Å². The van der Waals surface area contributed by atoms with Crippen molar-refractivity contribution in [3.05, 3.63) is 90.4 Å². The van der Waals surface area contributed by atoms with Gasteiger partial charge in [-0.15, -0.1) is 0 Å². The van der Waals surface area contributed by atoms with Gasteiger partial charge in [-0.3, -0.25) is 9.69 Å². The van der Waals surface area contributed by atoms with Crippen molar-refractivity contribution in [2.75, 3.05) is 4.90 Å². The lowest BCUT2D eigenvalue weighted by Gasteiger charge is -2.26. The van der Waals surface area contributed by atoms with Crippen LogP contribution in [0, 0.1) is 5.82 Å². The molecule has 0 aliphatic rings. The highest BCUT2D eigenvalue weighted by Crippen LogP contribution is 2.20. The van der Waals surface area contributed by atoms with Gasteiger partial charge in [-0.2, -0.15) is 0 Å². The number of anilines is 1. The maximum absolute atomic E-state index is 13.2. The van der Waals surface area contributed by atoms with E-state index in [1.165, 1.54) is 24.3 Å². The van der Waals surface area contributed by atoms with Gasteiger partial charge in [0.25, 0.3) is 5.91 Å². The zero-order chi connectivity index (χ0) is 19.1. The second-order valence-corrected chi connectivity index (χ2v) is 6.07. The third-order valence-electron chi connectivity index (χ3n) is 4.11. The van der Waals surface area contributed by atoms with Crippen molar-refractivity contribution in [2.24, 2.45) is 0 Å². The number of hydrogen-bond acceptors (Lipinski definition) is 3. The number of ether oxygens (including phenoxy) is 1. The minimum absolute atomic E-state index is 0.190. The first-order valence-corrected chi connectivity index (χ1v) is 8.86. The molecule has 138 valence electrons. The molecule has 0 saturated carbocycles. The third kappa shape index (κ3) is 4.91. The molecule has 1 atom stereocenters. The molecule has 0 saturated heterocycles. The van der Waals surface area contributed by atoms with Crippen LogP contribution in [0.25, 0.3) is 0 Å². The van der Waals surface area contributed by atoms with Crippen LogP contribution >= 0.6 is 0 Å². The maximum atomic E-state index is 13.2. The van der Waals surface area contributed by atoms with Gasteiger partial charge in [-0.1, -0.05) is 43.3 Å². The highest BCUT2D eigenvalue weighted by atomic mass is 19.1.